The molecule has 128 valence electrons. The third kappa shape index (κ3) is 4.09. The first-order valence-electron chi connectivity index (χ1n) is 6.86. The number of imide groups is 1. The van der Waals surface area contributed by atoms with Gasteiger partial charge in [0.25, 0.3) is 11.1 Å². The predicted molar refractivity (Wildman–Crippen MR) is 92.2 cm³/mol. The lowest BCUT2D eigenvalue weighted by molar-refractivity contribution is -0.139. The molecule has 24 heavy (non-hydrogen) atoms. The lowest BCUT2D eigenvalue weighted by atomic mass is 10.2. The number of carbonyl (C=O) groups is 3. The summed E-state index contributed by atoms with van der Waals surface area (Å²) in [5.41, 5.74) is 0.618. The number of carboxylic acids is 1. The van der Waals surface area contributed by atoms with Gasteiger partial charge in [-0.3, -0.25) is 14.5 Å². The van der Waals surface area contributed by atoms with E-state index in [2.05, 4.69) is 15.9 Å². The van der Waals surface area contributed by atoms with Crippen LogP contribution >= 0.6 is 27.7 Å². The number of carbonyl (C=O) groups excluding carboxylic acids is 2. The summed E-state index contributed by atoms with van der Waals surface area (Å²) in [5.74, 6) is -0.870. The molecule has 0 bridgehead atoms. The largest absolute Gasteiger partial charge is 0.490 e. The summed E-state index contributed by atoms with van der Waals surface area (Å²) in [5, 5.41) is 8.41. The number of halogens is 1. The molecule has 0 radical (unpaired) electrons. The summed E-state index contributed by atoms with van der Waals surface area (Å²) in [6.07, 6.45) is 1.57. The lowest BCUT2D eigenvalue weighted by Crippen LogP contribution is -2.22. The molecule has 2 amide bonds. The summed E-state index contributed by atoms with van der Waals surface area (Å²) >= 11 is 4.16. The minimum atomic E-state index is -1.11. The summed E-state index contributed by atoms with van der Waals surface area (Å²) in [6, 6.07) is 3.28. The Bertz CT molecular complexity index is 733. The van der Waals surface area contributed by atoms with Gasteiger partial charge in [0.05, 0.1) is 16.0 Å². The molecule has 0 aromatic heterocycles. The van der Waals surface area contributed by atoms with E-state index in [1.807, 2.05) is 0 Å². The summed E-state index contributed by atoms with van der Waals surface area (Å²) in [6.45, 7) is 1.63. The third-order valence-electron chi connectivity index (χ3n) is 2.96. The van der Waals surface area contributed by atoms with Gasteiger partial charge in [0.2, 0.25) is 0 Å². The van der Waals surface area contributed by atoms with E-state index in [-0.39, 0.29) is 16.9 Å². The number of likely N-dealkylation sites (N-methyl/N-ethyl adjacent to an activating group) is 1. The van der Waals surface area contributed by atoms with Crippen LogP contribution in [-0.4, -0.2) is 47.4 Å². The molecule has 1 aliphatic heterocycles. The Morgan fingerprint density at radius 2 is 2.08 bits per heavy atom. The van der Waals surface area contributed by atoms with Crippen LogP contribution in [-0.2, 0) is 9.59 Å². The predicted octanol–water partition coefficient (Wildman–Crippen LogP) is 2.98. The number of benzene rings is 1. The molecule has 1 saturated heterocycles. The average molecular weight is 416 g/mol. The van der Waals surface area contributed by atoms with Gasteiger partial charge in [-0.2, -0.15) is 0 Å². The zero-order chi connectivity index (χ0) is 17.9. The van der Waals surface area contributed by atoms with Crippen molar-refractivity contribution in [3.8, 4) is 11.5 Å². The normalized spacial score (nSPS) is 16.0. The van der Waals surface area contributed by atoms with Crippen LogP contribution in [0, 0.1) is 0 Å². The van der Waals surface area contributed by atoms with E-state index in [0.29, 0.717) is 27.3 Å². The summed E-state index contributed by atoms with van der Waals surface area (Å²) < 4.78 is 11.2. The maximum atomic E-state index is 11.9. The van der Waals surface area contributed by atoms with Crippen LogP contribution in [0.2, 0.25) is 0 Å². The SMILES string of the molecule is CCOc1cc(/C=C2\SC(=O)N(C)C2=O)cc(Br)c1OCC(=O)O. The van der Waals surface area contributed by atoms with Crippen molar-refractivity contribution in [1.29, 1.82) is 0 Å². The first-order chi connectivity index (χ1) is 11.3. The molecule has 0 unspecified atom stereocenters. The Morgan fingerprint density at radius 3 is 2.62 bits per heavy atom. The minimum absolute atomic E-state index is 0.264. The molecule has 0 aliphatic carbocycles. The molecular formula is C15H14BrNO6S. The monoisotopic (exact) mass is 415 g/mol. The van der Waals surface area contributed by atoms with Crippen molar-refractivity contribution < 1.29 is 29.0 Å². The molecule has 1 aromatic carbocycles. The van der Waals surface area contributed by atoms with Gasteiger partial charge in [0.15, 0.2) is 18.1 Å². The fraction of sp³-hybridized carbons (Fsp3) is 0.267. The zero-order valence-electron chi connectivity index (χ0n) is 12.9. The van der Waals surface area contributed by atoms with Crippen LogP contribution in [0.15, 0.2) is 21.5 Å². The fourth-order valence-corrected chi connectivity index (χ4v) is 3.31. The Kier molecular flexibility index (Phi) is 5.89. The van der Waals surface area contributed by atoms with Crippen molar-refractivity contribution in [3.05, 3.63) is 27.1 Å². The maximum absolute atomic E-state index is 11.9. The Hall–Kier alpha value is -2.00. The van der Waals surface area contributed by atoms with E-state index in [4.69, 9.17) is 14.6 Å². The molecule has 7 nitrogen and oxygen atoms in total. The highest BCUT2D eigenvalue weighted by Crippen LogP contribution is 2.39. The van der Waals surface area contributed by atoms with Crippen molar-refractivity contribution in [1.82, 2.24) is 4.90 Å². The van der Waals surface area contributed by atoms with Crippen LogP contribution in [0.1, 0.15) is 12.5 Å². The smallest absolute Gasteiger partial charge is 0.341 e. The van der Waals surface area contributed by atoms with Gasteiger partial charge in [-0.25, -0.2) is 4.79 Å². The topological polar surface area (TPSA) is 93.1 Å². The molecular weight excluding hydrogens is 402 g/mol. The number of ether oxygens (including phenoxy) is 2. The molecule has 2 rings (SSSR count). The number of rotatable bonds is 6. The van der Waals surface area contributed by atoms with Crippen molar-refractivity contribution in [2.75, 3.05) is 20.3 Å². The average Bonchev–Trinajstić information content (AvgIpc) is 2.74. The lowest BCUT2D eigenvalue weighted by Gasteiger charge is -2.13. The Balaban J connectivity index is 2.37. The van der Waals surface area contributed by atoms with Crippen LogP contribution in [0.25, 0.3) is 6.08 Å². The number of aliphatic carboxylic acids is 1. The van der Waals surface area contributed by atoms with Crippen LogP contribution in [0.5, 0.6) is 11.5 Å². The van der Waals surface area contributed by atoms with Gasteiger partial charge >= 0.3 is 5.97 Å². The highest BCUT2D eigenvalue weighted by molar-refractivity contribution is 9.10. The maximum Gasteiger partial charge on any atom is 0.341 e. The molecule has 1 heterocycles. The number of nitrogens with zero attached hydrogens (tertiary/aromatic N) is 1. The molecule has 0 saturated carbocycles. The second-order valence-corrected chi connectivity index (χ2v) is 6.53. The minimum Gasteiger partial charge on any atom is -0.490 e. The molecule has 9 heteroatoms. The standard InChI is InChI=1S/C15H14BrNO6S/c1-3-22-10-5-8(4-9(16)13(10)23-7-12(18)19)6-11-14(20)17(2)15(21)24-11/h4-6H,3,7H2,1-2H3,(H,18,19)/b11-6-. The van der Waals surface area contributed by atoms with E-state index >= 15 is 0 Å². The number of amides is 2. The van der Waals surface area contributed by atoms with Gasteiger partial charge in [-0.1, -0.05) is 0 Å². The molecule has 1 N–H and O–H groups in total. The Labute approximate surface area is 150 Å². The fourth-order valence-electron chi connectivity index (χ4n) is 1.91. The van der Waals surface area contributed by atoms with Crippen molar-refractivity contribution >= 4 is 50.9 Å². The van der Waals surface area contributed by atoms with Crippen LogP contribution < -0.4 is 9.47 Å². The number of hydrogen-bond acceptors (Lipinski definition) is 6. The van der Waals surface area contributed by atoms with Gasteiger partial charge in [-0.05, 0) is 58.4 Å². The van der Waals surface area contributed by atoms with E-state index < -0.39 is 12.6 Å². The van der Waals surface area contributed by atoms with Crippen molar-refractivity contribution in [2.45, 2.75) is 6.92 Å². The first kappa shape index (κ1) is 18.3. The van der Waals surface area contributed by atoms with Crippen LogP contribution in [0.3, 0.4) is 0 Å². The van der Waals surface area contributed by atoms with E-state index in [0.717, 1.165) is 16.7 Å². The van der Waals surface area contributed by atoms with Crippen molar-refractivity contribution in [3.63, 3.8) is 0 Å². The molecule has 0 spiro atoms. The third-order valence-corrected chi connectivity index (χ3v) is 4.51. The first-order valence-corrected chi connectivity index (χ1v) is 8.47. The number of carboxylic acid groups (broad SMARTS) is 1. The summed E-state index contributed by atoms with van der Waals surface area (Å²) in [4.78, 5) is 35.5. The second-order valence-electron chi connectivity index (χ2n) is 4.69. The molecule has 0 atom stereocenters. The quantitative estimate of drug-likeness (QED) is 0.713. The second kappa shape index (κ2) is 7.71. The Morgan fingerprint density at radius 1 is 1.38 bits per heavy atom. The van der Waals surface area contributed by atoms with E-state index in [9.17, 15) is 14.4 Å². The van der Waals surface area contributed by atoms with Gasteiger partial charge in [0.1, 0.15) is 0 Å². The molecule has 1 aliphatic rings. The van der Waals surface area contributed by atoms with Gasteiger partial charge in [-0.15, -0.1) is 0 Å². The number of hydrogen-bond donors (Lipinski definition) is 1. The number of thioether (sulfide) groups is 1. The van der Waals surface area contributed by atoms with Crippen molar-refractivity contribution in [2.24, 2.45) is 0 Å². The highest BCUT2D eigenvalue weighted by Gasteiger charge is 2.31. The van der Waals surface area contributed by atoms with E-state index in [1.165, 1.54) is 7.05 Å². The van der Waals surface area contributed by atoms with Gasteiger partial charge < -0.3 is 14.6 Å². The van der Waals surface area contributed by atoms with Crippen LogP contribution in [0.4, 0.5) is 4.79 Å². The summed E-state index contributed by atoms with van der Waals surface area (Å²) in [7, 11) is 1.42. The highest BCUT2D eigenvalue weighted by atomic mass is 79.9. The van der Waals surface area contributed by atoms with E-state index in [1.54, 1.807) is 25.1 Å². The molecule has 1 aromatic rings. The zero-order valence-corrected chi connectivity index (χ0v) is 15.3. The van der Waals surface area contributed by atoms with Gasteiger partial charge in [0, 0.05) is 7.05 Å². The molecule has 1 fully saturated rings.